The largest absolute Gasteiger partial charge is 0.491 e. The molecule has 2 fully saturated rings. The Hall–Kier alpha value is -2.41. The van der Waals surface area contributed by atoms with Gasteiger partial charge in [-0.25, -0.2) is 4.98 Å². The van der Waals surface area contributed by atoms with E-state index in [1.807, 2.05) is 53.3 Å². The van der Waals surface area contributed by atoms with E-state index >= 15 is 0 Å². The predicted molar refractivity (Wildman–Crippen MR) is 118 cm³/mol. The van der Waals surface area contributed by atoms with Crippen LogP contribution in [0.4, 0.5) is 0 Å². The Kier molecular flexibility index (Phi) is 6.37. The maximum atomic E-state index is 12.9. The summed E-state index contributed by atoms with van der Waals surface area (Å²) in [4.78, 5) is 33.8. The zero-order valence-corrected chi connectivity index (χ0v) is 18.5. The molecule has 1 saturated carbocycles. The molecule has 1 aromatic heterocycles. The van der Waals surface area contributed by atoms with Crippen molar-refractivity contribution < 1.29 is 14.3 Å². The smallest absolute Gasteiger partial charge is 0.273 e. The summed E-state index contributed by atoms with van der Waals surface area (Å²) in [7, 11) is 0. The van der Waals surface area contributed by atoms with Crippen LogP contribution in [-0.2, 0) is 4.79 Å². The van der Waals surface area contributed by atoms with Crippen molar-refractivity contribution in [1.82, 2.24) is 14.8 Å². The van der Waals surface area contributed by atoms with Gasteiger partial charge in [0.1, 0.15) is 16.5 Å². The number of nitrogens with zero attached hydrogens (tertiary/aromatic N) is 3. The van der Waals surface area contributed by atoms with Crippen molar-refractivity contribution in [3.63, 3.8) is 0 Å². The minimum atomic E-state index is -0.0507. The van der Waals surface area contributed by atoms with E-state index in [1.165, 1.54) is 11.3 Å². The Morgan fingerprint density at radius 1 is 1.03 bits per heavy atom. The Morgan fingerprint density at radius 3 is 2.30 bits per heavy atom. The second-order valence-electron chi connectivity index (χ2n) is 8.33. The van der Waals surface area contributed by atoms with E-state index in [2.05, 4.69) is 4.98 Å². The normalized spacial score (nSPS) is 17.6. The summed E-state index contributed by atoms with van der Waals surface area (Å²) in [5, 5.41) is 2.65. The SMILES string of the molecule is CC(C)Oc1ccc(-c2nc(C(=O)N3CCN(C(=O)C4CCCC4)CC3)cs2)cc1. The number of carbonyl (C=O) groups is 2. The van der Waals surface area contributed by atoms with Gasteiger partial charge >= 0.3 is 0 Å². The van der Waals surface area contributed by atoms with Gasteiger partial charge in [0, 0.05) is 43.0 Å². The third-order valence-corrected chi connectivity index (χ3v) is 6.67. The number of benzene rings is 1. The number of carbonyl (C=O) groups excluding carboxylic acids is 2. The van der Waals surface area contributed by atoms with Crippen LogP contribution >= 0.6 is 11.3 Å². The van der Waals surface area contributed by atoms with E-state index in [-0.39, 0.29) is 23.8 Å². The van der Waals surface area contributed by atoms with E-state index in [9.17, 15) is 9.59 Å². The van der Waals surface area contributed by atoms with Crippen molar-refractivity contribution in [2.75, 3.05) is 26.2 Å². The van der Waals surface area contributed by atoms with E-state index in [0.29, 0.717) is 31.9 Å². The van der Waals surface area contributed by atoms with Gasteiger partial charge in [-0.05, 0) is 51.0 Å². The summed E-state index contributed by atoms with van der Waals surface area (Å²) in [5.41, 5.74) is 1.45. The van der Waals surface area contributed by atoms with Crippen LogP contribution < -0.4 is 4.74 Å². The quantitative estimate of drug-likeness (QED) is 0.722. The summed E-state index contributed by atoms with van der Waals surface area (Å²) in [5.74, 6) is 1.25. The third kappa shape index (κ3) is 4.67. The highest BCUT2D eigenvalue weighted by atomic mass is 32.1. The van der Waals surface area contributed by atoms with Crippen LogP contribution in [0, 0.1) is 5.92 Å². The standard InChI is InChI=1S/C23H29N3O3S/c1-16(2)29-19-9-7-17(8-10-19)21-24-20(15-30-21)23(28)26-13-11-25(12-14-26)22(27)18-5-3-4-6-18/h7-10,15-16,18H,3-6,11-14H2,1-2H3. The minimum Gasteiger partial charge on any atom is -0.491 e. The van der Waals surface area contributed by atoms with Crippen molar-refractivity contribution >= 4 is 23.2 Å². The Morgan fingerprint density at radius 2 is 1.67 bits per heavy atom. The van der Waals surface area contributed by atoms with Crippen LogP contribution in [0.3, 0.4) is 0 Å². The zero-order chi connectivity index (χ0) is 21.1. The summed E-state index contributed by atoms with van der Waals surface area (Å²) < 4.78 is 5.68. The lowest BCUT2D eigenvalue weighted by atomic mass is 10.1. The predicted octanol–water partition coefficient (Wildman–Crippen LogP) is 4.07. The number of aromatic nitrogens is 1. The van der Waals surface area contributed by atoms with Gasteiger partial charge in [-0.2, -0.15) is 0 Å². The Bertz CT molecular complexity index is 879. The Labute approximate surface area is 181 Å². The molecule has 1 aliphatic heterocycles. The lowest BCUT2D eigenvalue weighted by molar-refractivity contribution is -0.136. The monoisotopic (exact) mass is 427 g/mol. The van der Waals surface area contributed by atoms with Gasteiger partial charge in [0.25, 0.3) is 5.91 Å². The highest BCUT2D eigenvalue weighted by molar-refractivity contribution is 7.13. The number of amides is 2. The summed E-state index contributed by atoms with van der Waals surface area (Å²) in [6.45, 7) is 6.38. The van der Waals surface area contributed by atoms with Gasteiger partial charge in [0.2, 0.25) is 5.91 Å². The zero-order valence-electron chi connectivity index (χ0n) is 17.7. The van der Waals surface area contributed by atoms with Crippen molar-refractivity contribution in [3.05, 3.63) is 35.3 Å². The first kappa shape index (κ1) is 20.8. The summed E-state index contributed by atoms with van der Waals surface area (Å²) >= 11 is 1.47. The first-order chi connectivity index (χ1) is 14.5. The molecule has 2 amide bonds. The molecule has 0 bridgehead atoms. The van der Waals surface area contributed by atoms with Gasteiger partial charge in [-0.1, -0.05) is 12.8 Å². The van der Waals surface area contributed by atoms with Crippen molar-refractivity contribution in [2.45, 2.75) is 45.6 Å². The average Bonchev–Trinajstić information content (AvgIpc) is 3.45. The van der Waals surface area contributed by atoms with Crippen LogP contribution in [0.25, 0.3) is 10.6 Å². The van der Waals surface area contributed by atoms with Gasteiger partial charge in [0.05, 0.1) is 6.10 Å². The third-order valence-electron chi connectivity index (χ3n) is 5.78. The average molecular weight is 428 g/mol. The second-order valence-corrected chi connectivity index (χ2v) is 9.19. The van der Waals surface area contributed by atoms with Crippen LogP contribution in [-0.4, -0.2) is 58.9 Å². The molecule has 0 spiro atoms. The fourth-order valence-electron chi connectivity index (χ4n) is 4.18. The van der Waals surface area contributed by atoms with E-state index in [1.54, 1.807) is 0 Å². The van der Waals surface area contributed by atoms with Crippen LogP contribution in [0.15, 0.2) is 29.6 Å². The van der Waals surface area contributed by atoms with Gasteiger partial charge in [-0.15, -0.1) is 11.3 Å². The molecule has 1 aliphatic carbocycles. The molecule has 2 aromatic rings. The molecule has 0 unspecified atom stereocenters. The lowest BCUT2D eigenvalue weighted by Crippen LogP contribution is -2.51. The van der Waals surface area contributed by atoms with Gasteiger partial charge in [-0.3, -0.25) is 9.59 Å². The Balaban J connectivity index is 1.35. The molecule has 0 N–H and O–H groups in total. The van der Waals surface area contributed by atoms with Gasteiger partial charge in [0.15, 0.2) is 0 Å². The number of piperazine rings is 1. The number of hydrogen-bond donors (Lipinski definition) is 0. The number of thiazole rings is 1. The fourth-order valence-corrected chi connectivity index (χ4v) is 4.98. The summed E-state index contributed by atoms with van der Waals surface area (Å²) in [6, 6.07) is 7.80. The van der Waals surface area contributed by atoms with E-state index in [0.717, 1.165) is 42.0 Å². The molecular weight excluding hydrogens is 398 g/mol. The molecule has 6 nitrogen and oxygen atoms in total. The number of rotatable bonds is 5. The van der Waals surface area contributed by atoms with Gasteiger partial charge < -0.3 is 14.5 Å². The van der Waals surface area contributed by atoms with E-state index < -0.39 is 0 Å². The van der Waals surface area contributed by atoms with Crippen molar-refractivity contribution in [2.24, 2.45) is 5.92 Å². The molecule has 0 atom stereocenters. The molecule has 4 rings (SSSR count). The maximum Gasteiger partial charge on any atom is 0.273 e. The van der Waals surface area contributed by atoms with Crippen LogP contribution in [0.2, 0.25) is 0 Å². The maximum absolute atomic E-state index is 12.9. The van der Waals surface area contributed by atoms with Crippen molar-refractivity contribution in [3.8, 4) is 16.3 Å². The molecule has 1 aromatic carbocycles. The molecule has 2 heterocycles. The first-order valence-corrected chi connectivity index (χ1v) is 11.7. The lowest BCUT2D eigenvalue weighted by Gasteiger charge is -2.35. The molecule has 30 heavy (non-hydrogen) atoms. The fraction of sp³-hybridized carbons (Fsp3) is 0.522. The molecule has 2 aliphatic rings. The first-order valence-electron chi connectivity index (χ1n) is 10.8. The molecular formula is C23H29N3O3S. The molecule has 1 saturated heterocycles. The number of hydrogen-bond acceptors (Lipinski definition) is 5. The number of ether oxygens (including phenoxy) is 1. The highest BCUT2D eigenvalue weighted by Gasteiger charge is 2.31. The summed E-state index contributed by atoms with van der Waals surface area (Å²) in [6.07, 6.45) is 4.49. The van der Waals surface area contributed by atoms with Crippen LogP contribution in [0.1, 0.15) is 50.0 Å². The molecule has 0 radical (unpaired) electrons. The highest BCUT2D eigenvalue weighted by Crippen LogP contribution is 2.28. The molecule has 7 heteroatoms. The van der Waals surface area contributed by atoms with Crippen LogP contribution in [0.5, 0.6) is 5.75 Å². The minimum absolute atomic E-state index is 0.0507. The topological polar surface area (TPSA) is 62.7 Å². The second kappa shape index (κ2) is 9.16. The molecule has 160 valence electrons. The van der Waals surface area contributed by atoms with Crippen molar-refractivity contribution in [1.29, 1.82) is 0 Å². The van der Waals surface area contributed by atoms with E-state index in [4.69, 9.17) is 4.74 Å².